The van der Waals surface area contributed by atoms with Crippen molar-refractivity contribution in [3.63, 3.8) is 0 Å². The quantitative estimate of drug-likeness (QED) is 0.846. The summed E-state index contributed by atoms with van der Waals surface area (Å²) in [6, 6.07) is 6.20. The number of aliphatic hydroxyl groups excluding tert-OH is 1. The summed E-state index contributed by atoms with van der Waals surface area (Å²) in [5.41, 5.74) is 2.73. The van der Waals surface area contributed by atoms with E-state index in [0.717, 1.165) is 29.2 Å². The van der Waals surface area contributed by atoms with Crippen molar-refractivity contribution in [3.8, 4) is 11.8 Å². The van der Waals surface area contributed by atoms with Gasteiger partial charge in [0.2, 0.25) is 0 Å². The highest BCUT2D eigenvalue weighted by Gasteiger charge is 2.40. The fraction of sp³-hybridized carbons (Fsp3) is 0.500. The van der Waals surface area contributed by atoms with Crippen LogP contribution in [0.3, 0.4) is 0 Å². The lowest BCUT2D eigenvalue weighted by molar-refractivity contribution is 0.0703. The number of benzene rings is 1. The second-order valence-electron chi connectivity index (χ2n) is 6.10. The fourth-order valence-corrected chi connectivity index (χ4v) is 3.49. The zero-order valence-electron chi connectivity index (χ0n) is 12.4. The first-order valence-corrected chi connectivity index (χ1v) is 7.70. The van der Waals surface area contributed by atoms with E-state index in [9.17, 15) is 4.79 Å². The minimum absolute atomic E-state index is 0.0835. The Morgan fingerprint density at radius 2 is 2.29 bits per heavy atom. The first-order chi connectivity index (χ1) is 10.2. The van der Waals surface area contributed by atoms with Crippen molar-refractivity contribution in [3.05, 3.63) is 34.9 Å². The van der Waals surface area contributed by atoms with Gasteiger partial charge in [0.25, 0.3) is 5.91 Å². The lowest BCUT2D eigenvalue weighted by Crippen LogP contribution is -2.37. The highest BCUT2D eigenvalue weighted by molar-refractivity contribution is 5.95. The van der Waals surface area contributed by atoms with Crippen LogP contribution >= 0.6 is 0 Å². The number of nitrogens with zero attached hydrogens (tertiary/aromatic N) is 1. The number of hydrogen-bond acceptors (Lipinski definition) is 2. The lowest BCUT2D eigenvalue weighted by atomic mass is 10.0. The normalized spacial score (nSPS) is 23.0. The summed E-state index contributed by atoms with van der Waals surface area (Å²) in [6.07, 6.45) is 4.12. The Balaban J connectivity index is 1.76. The van der Waals surface area contributed by atoms with Crippen molar-refractivity contribution in [2.24, 2.45) is 5.92 Å². The smallest absolute Gasteiger partial charge is 0.254 e. The van der Waals surface area contributed by atoms with E-state index in [1.54, 1.807) is 0 Å². The third-order valence-corrected chi connectivity index (χ3v) is 4.60. The highest BCUT2D eigenvalue weighted by Crippen LogP contribution is 2.38. The molecule has 1 aromatic rings. The molecular weight excluding hydrogens is 262 g/mol. The van der Waals surface area contributed by atoms with E-state index in [2.05, 4.69) is 16.7 Å². The third-order valence-electron chi connectivity index (χ3n) is 4.60. The molecule has 1 aromatic carbocycles. The van der Waals surface area contributed by atoms with Crippen molar-refractivity contribution in [1.82, 2.24) is 4.90 Å². The largest absolute Gasteiger partial charge is 0.395 e. The van der Waals surface area contributed by atoms with Crippen molar-refractivity contribution in [1.29, 1.82) is 0 Å². The van der Waals surface area contributed by atoms with Crippen molar-refractivity contribution >= 4 is 5.91 Å². The molecule has 1 heterocycles. The van der Waals surface area contributed by atoms with Crippen LogP contribution in [0.1, 0.15) is 47.2 Å². The molecule has 0 aromatic heterocycles. The lowest BCUT2D eigenvalue weighted by Gasteiger charge is -2.27. The summed E-state index contributed by atoms with van der Waals surface area (Å²) in [5, 5.41) is 8.75. The van der Waals surface area contributed by atoms with Gasteiger partial charge in [-0.25, -0.2) is 0 Å². The molecule has 21 heavy (non-hydrogen) atoms. The molecule has 1 amide bonds. The molecule has 2 unspecified atom stereocenters. The van der Waals surface area contributed by atoms with E-state index in [-0.39, 0.29) is 12.5 Å². The molecule has 0 radical (unpaired) electrons. The number of fused-ring (bicyclic) bond motifs is 2. The molecular formula is C18H21NO2. The molecule has 0 spiro atoms. The Morgan fingerprint density at radius 3 is 2.90 bits per heavy atom. The Bertz CT molecular complexity index is 611. The van der Waals surface area contributed by atoms with Gasteiger partial charge in [-0.3, -0.25) is 4.79 Å². The molecule has 110 valence electrons. The Hall–Kier alpha value is -1.79. The number of hydrogen-bond donors (Lipinski definition) is 1. The van der Waals surface area contributed by atoms with Gasteiger partial charge < -0.3 is 10.0 Å². The van der Waals surface area contributed by atoms with E-state index in [1.165, 1.54) is 19.3 Å². The maximum absolute atomic E-state index is 12.6. The Labute approximate surface area is 126 Å². The molecule has 1 aliphatic carbocycles. The number of aliphatic hydroxyl groups is 1. The summed E-state index contributed by atoms with van der Waals surface area (Å²) in [4.78, 5) is 14.7. The van der Waals surface area contributed by atoms with Gasteiger partial charge in [-0.05, 0) is 55.9 Å². The van der Waals surface area contributed by atoms with Crippen molar-refractivity contribution in [2.45, 2.75) is 38.6 Å². The standard InChI is InChI=1S/C18H21NO2/c1-13-10-16(7-6-15(13)4-2-3-9-20)18(21)19-12-14-5-8-17(19)11-14/h6-7,10,14,17,20H,3,5,8-9,11-12H2,1H3. The van der Waals surface area contributed by atoms with E-state index >= 15 is 0 Å². The summed E-state index contributed by atoms with van der Waals surface area (Å²) < 4.78 is 0. The van der Waals surface area contributed by atoms with Crippen LogP contribution in [-0.2, 0) is 0 Å². The van der Waals surface area contributed by atoms with Gasteiger partial charge in [0.05, 0.1) is 6.61 Å². The van der Waals surface area contributed by atoms with Crippen LogP contribution in [0.4, 0.5) is 0 Å². The van der Waals surface area contributed by atoms with Crippen LogP contribution in [0.2, 0.25) is 0 Å². The molecule has 1 aliphatic heterocycles. The summed E-state index contributed by atoms with van der Waals surface area (Å²) in [5.74, 6) is 6.86. The molecule has 1 saturated heterocycles. The number of likely N-dealkylation sites (tertiary alicyclic amines) is 1. The van der Waals surface area contributed by atoms with Gasteiger partial charge in [-0.1, -0.05) is 11.8 Å². The molecule has 3 rings (SSSR count). The minimum atomic E-state index is 0.0835. The van der Waals surface area contributed by atoms with Crippen LogP contribution in [0.5, 0.6) is 0 Å². The topological polar surface area (TPSA) is 40.5 Å². The molecule has 2 atom stereocenters. The zero-order valence-corrected chi connectivity index (χ0v) is 12.4. The molecule has 1 N–H and O–H groups in total. The Morgan fingerprint density at radius 1 is 1.43 bits per heavy atom. The summed E-state index contributed by atoms with van der Waals surface area (Å²) >= 11 is 0. The molecule has 2 fully saturated rings. The zero-order chi connectivity index (χ0) is 14.8. The van der Waals surface area contributed by atoms with Crippen LogP contribution in [0.15, 0.2) is 18.2 Å². The predicted octanol–water partition coefficient (Wildman–Crippen LogP) is 2.35. The molecule has 2 aliphatic rings. The van der Waals surface area contributed by atoms with Crippen molar-refractivity contribution in [2.75, 3.05) is 13.2 Å². The second kappa shape index (κ2) is 5.91. The van der Waals surface area contributed by atoms with Crippen LogP contribution in [0, 0.1) is 24.7 Å². The van der Waals surface area contributed by atoms with E-state index in [0.29, 0.717) is 12.5 Å². The van der Waals surface area contributed by atoms with Gasteiger partial charge in [-0.2, -0.15) is 0 Å². The van der Waals surface area contributed by atoms with Gasteiger partial charge in [0.1, 0.15) is 0 Å². The van der Waals surface area contributed by atoms with E-state index in [4.69, 9.17) is 5.11 Å². The first-order valence-electron chi connectivity index (χ1n) is 7.70. The maximum atomic E-state index is 12.6. The number of carbonyl (C=O) groups is 1. The fourth-order valence-electron chi connectivity index (χ4n) is 3.49. The van der Waals surface area contributed by atoms with Crippen LogP contribution in [-0.4, -0.2) is 35.1 Å². The van der Waals surface area contributed by atoms with Gasteiger partial charge in [-0.15, -0.1) is 0 Å². The average molecular weight is 283 g/mol. The molecule has 3 nitrogen and oxygen atoms in total. The highest BCUT2D eigenvalue weighted by atomic mass is 16.2. The minimum Gasteiger partial charge on any atom is -0.395 e. The van der Waals surface area contributed by atoms with Crippen molar-refractivity contribution < 1.29 is 9.90 Å². The number of carbonyl (C=O) groups excluding carboxylic acids is 1. The van der Waals surface area contributed by atoms with Crippen LogP contribution in [0.25, 0.3) is 0 Å². The molecule has 1 saturated carbocycles. The summed E-state index contributed by atoms with van der Waals surface area (Å²) in [6.45, 7) is 3.00. The number of rotatable bonds is 2. The number of piperidine rings is 1. The molecule has 3 heteroatoms. The number of amides is 1. The van der Waals surface area contributed by atoms with E-state index in [1.807, 2.05) is 25.1 Å². The maximum Gasteiger partial charge on any atom is 0.254 e. The van der Waals surface area contributed by atoms with Crippen LogP contribution < -0.4 is 0 Å². The SMILES string of the molecule is Cc1cc(C(=O)N2CC3CCC2C3)ccc1C#CCCO. The second-order valence-corrected chi connectivity index (χ2v) is 6.10. The van der Waals surface area contributed by atoms with Gasteiger partial charge >= 0.3 is 0 Å². The van der Waals surface area contributed by atoms with Gasteiger partial charge in [0, 0.05) is 30.1 Å². The monoisotopic (exact) mass is 283 g/mol. The first kappa shape index (κ1) is 14.2. The number of aryl methyl sites for hydroxylation is 1. The Kier molecular flexibility index (Phi) is 3.98. The third kappa shape index (κ3) is 2.82. The predicted molar refractivity (Wildman–Crippen MR) is 81.9 cm³/mol. The summed E-state index contributed by atoms with van der Waals surface area (Å²) in [7, 11) is 0. The van der Waals surface area contributed by atoms with E-state index < -0.39 is 0 Å². The average Bonchev–Trinajstić information content (AvgIpc) is 3.11. The molecule has 2 bridgehead atoms. The van der Waals surface area contributed by atoms with Gasteiger partial charge in [0.15, 0.2) is 0 Å².